The maximum Gasteiger partial charge on any atom is 0.307 e. The molecule has 0 atom stereocenters. The Morgan fingerprint density at radius 2 is 2.04 bits per heavy atom. The fraction of sp³-hybridized carbons (Fsp3) is 0.286. The van der Waals surface area contributed by atoms with Gasteiger partial charge in [-0.15, -0.1) is 0 Å². The molecule has 0 fully saturated rings. The van der Waals surface area contributed by atoms with Crippen molar-refractivity contribution >= 4 is 32.8 Å². The van der Waals surface area contributed by atoms with E-state index in [0.29, 0.717) is 6.54 Å². The molecule has 0 saturated carbocycles. The molecule has 0 spiro atoms. The van der Waals surface area contributed by atoms with Crippen molar-refractivity contribution in [3.63, 3.8) is 0 Å². The molecule has 2 aromatic carbocycles. The molecule has 1 aromatic heterocycles. The molecule has 0 saturated heterocycles. The van der Waals surface area contributed by atoms with E-state index in [-0.39, 0.29) is 6.42 Å². The van der Waals surface area contributed by atoms with Crippen LogP contribution >= 0.6 is 15.9 Å². The molecule has 1 heterocycles. The first-order chi connectivity index (χ1) is 13.0. The minimum absolute atomic E-state index is 0.0128. The second-order valence-corrected chi connectivity index (χ2v) is 7.44. The lowest BCUT2D eigenvalue weighted by Gasteiger charge is -2.11. The third-order valence-electron chi connectivity index (χ3n) is 4.64. The number of carbonyl (C=O) groups is 1. The molecular formula is C21H23BrN2O3. The Morgan fingerprint density at radius 1 is 1.22 bits per heavy atom. The summed E-state index contributed by atoms with van der Waals surface area (Å²) in [6.07, 6.45) is 2.78. The van der Waals surface area contributed by atoms with Crippen LogP contribution in [0.3, 0.4) is 0 Å². The summed E-state index contributed by atoms with van der Waals surface area (Å²) in [6, 6.07) is 11.7. The number of aromatic nitrogens is 1. The van der Waals surface area contributed by atoms with Gasteiger partial charge in [-0.05, 0) is 67.3 Å². The Labute approximate surface area is 166 Å². The third kappa shape index (κ3) is 4.34. The first kappa shape index (κ1) is 19.5. The van der Waals surface area contributed by atoms with Crippen molar-refractivity contribution in [1.82, 2.24) is 4.98 Å². The van der Waals surface area contributed by atoms with Gasteiger partial charge in [-0.1, -0.05) is 22.0 Å². The zero-order valence-electron chi connectivity index (χ0n) is 15.2. The number of halogens is 1. The monoisotopic (exact) mass is 430 g/mol. The predicted octanol–water partition coefficient (Wildman–Crippen LogP) is 4.51. The molecule has 0 aliphatic heterocycles. The average molecular weight is 431 g/mol. The highest BCUT2D eigenvalue weighted by molar-refractivity contribution is 9.10. The second kappa shape index (κ2) is 8.59. The van der Waals surface area contributed by atoms with E-state index >= 15 is 0 Å². The van der Waals surface area contributed by atoms with Gasteiger partial charge in [0.05, 0.1) is 19.2 Å². The number of fused-ring (bicyclic) bond motifs is 1. The van der Waals surface area contributed by atoms with E-state index in [9.17, 15) is 4.79 Å². The number of carboxylic acids is 1. The first-order valence-corrected chi connectivity index (χ1v) is 9.72. The van der Waals surface area contributed by atoms with E-state index in [1.54, 1.807) is 7.11 Å². The lowest BCUT2D eigenvalue weighted by molar-refractivity contribution is -0.136. The van der Waals surface area contributed by atoms with Crippen LogP contribution in [-0.2, 0) is 17.6 Å². The lowest BCUT2D eigenvalue weighted by atomic mass is 9.98. The average Bonchev–Trinajstić information content (AvgIpc) is 2.99. The molecule has 0 bridgehead atoms. The van der Waals surface area contributed by atoms with E-state index in [1.165, 1.54) is 5.56 Å². The van der Waals surface area contributed by atoms with Crippen LogP contribution in [0.15, 0.2) is 40.9 Å². The van der Waals surface area contributed by atoms with Crippen LogP contribution in [0.4, 0.5) is 0 Å². The predicted molar refractivity (Wildman–Crippen MR) is 111 cm³/mol. The fourth-order valence-electron chi connectivity index (χ4n) is 3.39. The van der Waals surface area contributed by atoms with Gasteiger partial charge in [0.25, 0.3) is 0 Å². The van der Waals surface area contributed by atoms with E-state index in [4.69, 9.17) is 15.6 Å². The van der Waals surface area contributed by atoms with Gasteiger partial charge in [0.1, 0.15) is 5.75 Å². The molecule has 0 aliphatic carbocycles. The number of nitrogens with two attached hydrogens (primary N) is 1. The zero-order chi connectivity index (χ0) is 19.4. The molecule has 4 N–H and O–H groups in total. The van der Waals surface area contributed by atoms with Gasteiger partial charge < -0.3 is 20.6 Å². The lowest BCUT2D eigenvalue weighted by Crippen LogP contribution is -2.00. The summed E-state index contributed by atoms with van der Waals surface area (Å²) in [5.41, 5.74) is 10.6. The van der Waals surface area contributed by atoms with E-state index in [0.717, 1.165) is 57.2 Å². The summed E-state index contributed by atoms with van der Waals surface area (Å²) in [6.45, 7) is 0.655. The van der Waals surface area contributed by atoms with Crippen LogP contribution in [-0.4, -0.2) is 29.7 Å². The number of carboxylic acid groups (broad SMARTS) is 1. The van der Waals surface area contributed by atoms with Crippen LogP contribution < -0.4 is 10.5 Å². The number of benzene rings is 2. The van der Waals surface area contributed by atoms with E-state index in [2.05, 4.69) is 20.9 Å². The van der Waals surface area contributed by atoms with Crippen LogP contribution in [0.5, 0.6) is 5.75 Å². The standard InChI is InChI=1S/C21H23BrN2O3/c1-27-19-8-6-14(22)12-17(19)21-15(4-2-3-9-23)16-10-13(11-20(25)26)5-7-18(16)24-21/h5-8,10,12,24H,2-4,9,11,23H2,1H3,(H,25,26). The quantitative estimate of drug-likeness (QED) is 0.458. The van der Waals surface area contributed by atoms with Gasteiger partial charge in [0, 0.05) is 20.9 Å². The topological polar surface area (TPSA) is 88.3 Å². The van der Waals surface area contributed by atoms with Crippen molar-refractivity contribution in [1.29, 1.82) is 0 Å². The van der Waals surface area contributed by atoms with Crippen molar-refractivity contribution in [3.05, 3.63) is 52.0 Å². The Kier molecular flexibility index (Phi) is 6.19. The molecule has 0 unspecified atom stereocenters. The Balaban J connectivity index is 2.17. The Hall–Kier alpha value is -2.31. The maximum absolute atomic E-state index is 11.1. The van der Waals surface area contributed by atoms with Crippen molar-refractivity contribution in [2.45, 2.75) is 25.7 Å². The molecule has 0 aliphatic rings. The van der Waals surface area contributed by atoms with Crippen molar-refractivity contribution < 1.29 is 14.6 Å². The van der Waals surface area contributed by atoms with Crippen molar-refractivity contribution in [3.8, 4) is 17.0 Å². The number of unbranched alkanes of at least 4 members (excludes halogenated alkanes) is 1. The highest BCUT2D eigenvalue weighted by Crippen LogP contribution is 2.38. The Morgan fingerprint density at radius 3 is 2.74 bits per heavy atom. The summed E-state index contributed by atoms with van der Waals surface area (Å²) < 4.78 is 6.54. The van der Waals surface area contributed by atoms with Gasteiger partial charge in [-0.3, -0.25) is 4.79 Å². The number of hydrogen-bond donors (Lipinski definition) is 3. The minimum atomic E-state index is -0.830. The van der Waals surface area contributed by atoms with Crippen LogP contribution in [0.2, 0.25) is 0 Å². The molecule has 3 aromatic rings. The van der Waals surface area contributed by atoms with Gasteiger partial charge in [-0.2, -0.15) is 0 Å². The minimum Gasteiger partial charge on any atom is -0.496 e. The van der Waals surface area contributed by atoms with Gasteiger partial charge >= 0.3 is 5.97 Å². The van der Waals surface area contributed by atoms with Gasteiger partial charge in [-0.25, -0.2) is 0 Å². The summed E-state index contributed by atoms with van der Waals surface area (Å²) in [5.74, 6) is -0.0426. The number of ether oxygens (including phenoxy) is 1. The SMILES string of the molecule is COc1ccc(Br)cc1-c1[nH]c2ccc(CC(=O)O)cc2c1CCCCN. The summed E-state index contributed by atoms with van der Waals surface area (Å²) in [5, 5.41) is 10.2. The molecule has 0 radical (unpaired) electrons. The van der Waals surface area contributed by atoms with Gasteiger partial charge in [0.2, 0.25) is 0 Å². The smallest absolute Gasteiger partial charge is 0.307 e. The highest BCUT2D eigenvalue weighted by atomic mass is 79.9. The number of methoxy groups -OCH3 is 1. The number of aliphatic carboxylic acids is 1. The number of H-pyrrole nitrogens is 1. The summed E-state index contributed by atoms with van der Waals surface area (Å²) in [4.78, 5) is 14.6. The van der Waals surface area contributed by atoms with Crippen molar-refractivity contribution in [2.24, 2.45) is 5.73 Å². The number of aromatic amines is 1. The van der Waals surface area contributed by atoms with Crippen LogP contribution in [0.25, 0.3) is 22.2 Å². The van der Waals surface area contributed by atoms with Crippen LogP contribution in [0.1, 0.15) is 24.0 Å². The van der Waals surface area contributed by atoms with Crippen LogP contribution in [0, 0.1) is 0 Å². The Bertz CT molecular complexity index is 965. The summed E-state index contributed by atoms with van der Waals surface area (Å²) >= 11 is 3.54. The summed E-state index contributed by atoms with van der Waals surface area (Å²) in [7, 11) is 1.66. The van der Waals surface area contributed by atoms with E-state index in [1.807, 2.05) is 36.4 Å². The fourth-order valence-corrected chi connectivity index (χ4v) is 3.75. The van der Waals surface area contributed by atoms with Crippen molar-refractivity contribution in [2.75, 3.05) is 13.7 Å². The zero-order valence-corrected chi connectivity index (χ0v) is 16.8. The first-order valence-electron chi connectivity index (χ1n) is 8.92. The number of hydrogen-bond acceptors (Lipinski definition) is 3. The number of nitrogens with one attached hydrogen (secondary N) is 1. The molecule has 0 amide bonds. The molecule has 3 rings (SSSR count). The van der Waals surface area contributed by atoms with E-state index < -0.39 is 5.97 Å². The normalized spacial score (nSPS) is 11.1. The molecule has 142 valence electrons. The maximum atomic E-state index is 11.1. The highest BCUT2D eigenvalue weighted by Gasteiger charge is 2.17. The molecule has 5 nitrogen and oxygen atoms in total. The third-order valence-corrected chi connectivity index (χ3v) is 5.13. The molecule has 6 heteroatoms. The number of aryl methyl sites for hydroxylation is 1. The van der Waals surface area contributed by atoms with Gasteiger partial charge in [0.15, 0.2) is 0 Å². The molecular weight excluding hydrogens is 408 g/mol. The second-order valence-electron chi connectivity index (χ2n) is 6.52. The molecule has 27 heavy (non-hydrogen) atoms. The largest absolute Gasteiger partial charge is 0.496 e. The number of rotatable bonds is 8.